The molecule has 0 radical (unpaired) electrons. The molecule has 6 aromatic rings. The van der Waals surface area contributed by atoms with E-state index in [0.717, 1.165) is 95.3 Å². The van der Waals surface area contributed by atoms with Crippen molar-refractivity contribution in [2.45, 2.75) is 12.2 Å². The fourth-order valence-corrected chi connectivity index (χ4v) is 8.69. The van der Waals surface area contributed by atoms with Crippen LogP contribution in [0.5, 0.6) is 46.0 Å². The van der Waals surface area contributed by atoms with Gasteiger partial charge in [-0.1, -0.05) is 48.5 Å². The van der Waals surface area contributed by atoms with Crippen molar-refractivity contribution in [1.29, 1.82) is 0 Å². The van der Waals surface area contributed by atoms with E-state index < -0.39 is 0 Å². The Morgan fingerprint density at radius 3 is 1.26 bits per heavy atom. The molecule has 10 nitrogen and oxygen atoms in total. The standard InChI is InChI=1S/2C27H26FNO4/c2*28-15-18-16-29(17-18)10-11-32-24-7-4-19(5-8-24)27-25(20-2-1-3-22(30)12-20)14-21-13-23(31)6-9-26(21)33-27/h2*1-9,12-14,18,27,30-31H,10-11,15-17H2/t2*27-/m10/s1. The van der Waals surface area contributed by atoms with Gasteiger partial charge in [0, 0.05) is 73.4 Å². The van der Waals surface area contributed by atoms with E-state index in [1.807, 2.05) is 72.8 Å². The first-order valence-electron chi connectivity index (χ1n) is 22.2. The Labute approximate surface area is 382 Å². The van der Waals surface area contributed by atoms with Crippen molar-refractivity contribution in [3.05, 3.63) is 167 Å². The molecule has 4 N–H and O–H groups in total. The van der Waals surface area contributed by atoms with Gasteiger partial charge in [-0.05, 0) is 119 Å². The third-order valence-electron chi connectivity index (χ3n) is 12.2. The van der Waals surface area contributed by atoms with Crippen LogP contribution in [0.2, 0.25) is 0 Å². The second kappa shape index (κ2) is 20.0. The first-order chi connectivity index (χ1) is 32.2. The fraction of sp³-hybridized carbons (Fsp3) is 0.259. The van der Waals surface area contributed by atoms with Gasteiger partial charge in [0.15, 0.2) is 0 Å². The number of aromatic hydroxyl groups is 4. The average molecular weight is 895 g/mol. The Hall–Kier alpha value is -7.02. The predicted molar refractivity (Wildman–Crippen MR) is 251 cm³/mol. The maximum atomic E-state index is 12.5. The highest BCUT2D eigenvalue weighted by Gasteiger charge is 2.29. The number of benzene rings is 6. The summed E-state index contributed by atoms with van der Waals surface area (Å²) < 4.78 is 49.5. The quantitative estimate of drug-likeness (QED) is 0.0840. The summed E-state index contributed by atoms with van der Waals surface area (Å²) in [6, 6.07) is 39.8. The van der Waals surface area contributed by atoms with E-state index >= 15 is 0 Å². The van der Waals surface area contributed by atoms with Gasteiger partial charge in [0.2, 0.25) is 0 Å². The van der Waals surface area contributed by atoms with Gasteiger partial charge in [0.1, 0.15) is 71.4 Å². The molecule has 0 unspecified atom stereocenters. The van der Waals surface area contributed by atoms with Gasteiger partial charge >= 0.3 is 0 Å². The zero-order valence-corrected chi connectivity index (χ0v) is 36.3. The summed E-state index contributed by atoms with van der Waals surface area (Å²) in [6.45, 7) is 5.44. The van der Waals surface area contributed by atoms with Crippen molar-refractivity contribution in [3.63, 3.8) is 0 Å². The molecule has 0 bridgehead atoms. The summed E-state index contributed by atoms with van der Waals surface area (Å²) in [7, 11) is 0. The van der Waals surface area contributed by atoms with Crippen LogP contribution in [0.25, 0.3) is 23.3 Å². The molecule has 6 aromatic carbocycles. The van der Waals surface area contributed by atoms with Gasteiger partial charge in [-0.25, -0.2) is 0 Å². The van der Waals surface area contributed by atoms with Crippen LogP contribution in [0.4, 0.5) is 8.78 Å². The molecule has 2 saturated heterocycles. The molecule has 4 aliphatic rings. The minimum Gasteiger partial charge on any atom is -0.508 e. The molecule has 0 aliphatic carbocycles. The van der Waals surface area contributed by atoms with E-state index in [1.54, 1.807) is 72.8 Å². The molecule has 66 heavy (non-hydrogen) atoms. The smallest absolute Gasteiger partial charge is 0.149 e. The Balaban J connectivity index is 0.000000166. The van der Waals surface area contributed by atoms with Crippen molar-refractivity contribution in [3.8, 4) is 46.0 Å². The summed E-state index contributed by atoms with van der Waals surface area (Å²) >= 11 is 0. The molecule has 0 amide bonds. The molecule has 4 heterocycles. The summed E-state index contributed by atoms with van der Waals surface area (Å²) in [5.41, 5.74) is 6.92. The van der Waals surface area contributed by atoms with E-state index in [-0.39, 0.29) is 60.4 Å². The summed E-state index contributed by atoms with van der Waals surface area (Å²) in [5.74, 6) is 3.96. The molecule has 340 valence electrons. The monoisotopic (exact) mass is 894 g/mol. The normalized spacial score (nSPS) is 18.1. The Bertz CT molecular complexity index is 2490. The second-order valence-electron chi connectivity index (χ2n) is 17.1. The lowest BCUT2D eigenvalue weighted by Gasteiger charge is -2.37. The van der Waals surface area contributed by atoms with Crippen LogP contribution in [0.1, 0.15) is 45.6 Å². The molecule has 2 fully saturated rings. The Kier molecular flexibility index (Phi) is 13.4. The average Bonchev–Trinajstić information content (AvgIpc) is 3.30. The number of ether oxygens (including phenoxy) is 4. The van der Waals surface area contributed by atoms with Gasteiger partial charge in [0.05, 0.1) is 13.3 Å². The number of likely N-dealkylation sites (tertiary alicyclic amines) is 2. The number of rotatable bonds is 14. The molecule has 0 aromatic heterocycles. The van der Waals surface area contributed by atoms with Crippen molar-refractivity contribution in [2.75, 3.05) is 65.8 Å². The van der Waals surface area contributed by atoms with Gasteiger partial charge < -0.3 is 39.4 Å². The topological polar surface area (TPSA) is 124 Å². The third-order valence-corrected chi connectivity index (χ3v) is 12.2. The maximum Gasteiger partial charge on any atom is 0.149 e. The van der Waals surface area contributed by atoms with Gasteiger partial charge in [0.25, 0.3) is 0 Å². The molecule has 0 spiro atoms. The summed E-state index contributed by atoms with van der Waals surface area (Å²) in [6.07, 6.45) is 3.22. The van der Waals surface area contributed by atoms with E-state index in [2.05, 4.69) is 9.80 Å². The Morgan fingerprint density at radius 1 is 0.485 bits per heavy atom. The van der Waals surface area contributed by atoms with Crippen LogP contribution in [0, 0.1) is 11.8 Å². The van der Waals surface area contributed by atoms with Crippen LogP contribution < -0.4 is 18.9 Å². The highest BCUT2D eigenvalue weighted by atomic mass is 19.1. The van der Waals surface area contributed by atoms with Crippen LogP contribution >= 0.6 is 0 Å². The number of fused-ring (bicyclic) bond motifs is 2. The van der Waals surface area contributed by atoms with Crippen LogP contribution in [0.3, 0.4) is 0 Å². The zero-order chi connectivity index (χ0) is 45.6. The number of phenols is 4. The number of alkyl halides is 2. The van der Waals surface area contributed by atoms with Gasteiger partial charge in [-0.3, -0.25) is 18.6 Å². The number of hydrogen-bond acceptors (Lipinski definition) is 10. The van der Waals surface area contributed by atoms with Crippen molar-refractivity contribution in [2.24, 2.45) is 11.8 Å². The lowest BCUT2D eigenvalue weighted by molar-refractivity contribution is 0.0668. The predicted octanol–water partition coefficient (Wildman–Crippen LogP) is 10.1. The molecule has 2 atom stereocenters. The fourth-order valence-electron chi connectivity index (χ4n) is 8.69. The van der Waals surface area contributed by atoms with E-state index in [0.29, 0.717) is 24.7 Å². The van der Waals surface area contributed by atoms with E-state index in [4.69, 9.17) is 18.9 Å². The molecule has 10 rings (SSSR count). The molecule has 12 heteroatoms. The molecular formula is C54H52F2N2O8. The summed E-state index contributed by atoms with van der Waals surface area (Å²) in [4.78, 5) is 4.38. The largest absolute Gasteiger partial charge is 0.508 e. The number of halogens is 2. The van der Waals surface area contributed by atoms with Crippen molar-refractivity contribution < 1.29 is 48.2 Å². The maximum absolute atomic E-state index is 12.5. The van der Waals surface area contributed by atoms with Crippen molar-refractivity contribution in [1.82, 2.24) is 9.80 Å². The number of nitrogens with zero attached hydrogens (tertiary/aromatic N) is 2. The van der Waals surface area contributed by atoms with Crippen LogP contribution in [-0.4, -0.2) is 96.1 Å². The minimum absolute atomic E-state index is 0.169. The SMILES string of the molecule is Oc1cccc(C2=Cc3cc(O)ccc3O[C@@H]2c2ccc(OCCN3CC(CF)C3)cc2)c1.Oc1cccc(C2=Cc3cc(O)ccc3O[C@H]2c2ccc(OCCN3CC(CF)C3)cc2)c1. The van der Waals surface area contributed by atoms with Gasteiger partial charge in [-0.15, -0.1) is 0 Å². The molecular weight excluding hydrogens is 843 g/mol. The highest BCUT2D eigenvalue weighted by Crippen LogP contribution is 2.45. The second-order valence-corrected chi connectivity index (χ2v) is 17.1. The zero-order valence-electron chi connectivity index (χ0n) is 36.3. The van der Waals surface area contributed by atoms with E-state index in [9.17, 15) is 29.2 Å². The number of phenolic OH excluding ortho intramolecular Hbond substituents is 4. The lowest BCUT2D eigenvalue weighted by Crippen LogP contribution is -2.49. The molecule has 4 aliphatic heterocycles. The first kappa shape index (κ1) is 44.2. The number of hydrogen-bond donors (Lipinski definition) is 4. The highest BCUT2D eigenvalue weighted by molar-refractivity contribution is 5.89. The van der Waals surface area contributed by atoms with Crippen LogP contribution in [0.15, 0.2) is 133 Å². The third kappa shape index (κ3) is 10.4. The minimum atomic E-state index is -0.378. The molecule has 0 saturated carbocycles. The summed E-state index contributed by atoms with van der Waals surface area (Å²) in [5, 5.41) is 39.8. The van der Waals surface area contributed by atoms with Gasteiger partial charge in [-0.2, -0.15) is 0 Å². The Morgan fingerprint density at radius 2 is 0.879 bits per heavy atom. The van der Waals surface area contributed by atoms with E-state index in [1.165, 1.54) is 0 Å². The van der Waals surface area contributed by atoms with Crippen molar-refractivity contribution >= 4 is 23.3 Å². The van der Waals surface area contributed by atoms with Crippen LogP contribution in [-0.2, 0) is 0 Å². The lowest BCUT2D eigenvalue weighted by atomic mass is 9.91. The first-order valence-corrected chi connectivity index (χ1v) is 22.2.